The van der Waals surface area contributed by atoms with Crippen LogP contribution in [0.25, 0.3) is 12.2 Å². The predicted octanol–water partition coefficient (Wildman–Crippen LogP) is 3.19. The fourth-order valence-electron chi connectivity index (χ4n) is 2.49. The molecule has 0 radical (unpaired) electrons. The van der Waals surface area contributed by atoms with Crippen molar-refractivity contribution < 1.29 is 4.74 Å². The van der Waals surface area contributed by atoms with Crippen molar-refractivity contribution in [3.63, 3.8) is 0 Å². The number of nitrogens with two attached hydrogens (primary N) is 1. The molecule has 7 heteroatoms. The van der Waals surface area contributed by atoms with Crippen LogP contribution in [0.5, 0.6) is 0 Å². The average molecular weight is 350 g/mol. The maximum Gasteiger partial charge on any atom is 0.156 e. The van der Waals surface area contributed by atoms with Gasteiger partial charge in [-0.05, 0) is 18.6 Å². The largest absolute Gasteiger partial charge is 0.384 e. The van der Waals surface area contributed by atoms with E-state index in [1.54, 1.807) is 7.11 Å². The summed E-state index contributed by atoms with van der Waals surface area (Å²) in [5, 5.41) is 10.3. The summed E-state index contributed by atoms with van der Waals surface area (Å²) < 4.78 is 5.17. The van der Waals surface area contributed by atoms with E-state index in [1.165, 1.54) is 0 Å². The third-order valence-electron chi connectivity index (χ3n) is 3.79. The maximum absolute atomic E-state index is 6.18. The van der Waals surface area contributed by atoms with E-state index in [-0.39, 0.29) is 0 Å². The van der Waals surface area contributed by atoms with Gasteiger partial charge in [0.05, 0.1) is 6.61 Å². The molecule has 0 amide bonds. The Labute approximate surface area is 152 Å². The van der Waals surface area contributed by atoms with E-state index in [1.807, 2.05) is 55.5 Å². The molecule has 0 bridgehead atoms. The molecular formula is C19H22N6O. The Morgan fingerprint density at radius 2 is 2.00 bits per heavy atom. The Morgan fingerprint density at radius 1 is 1.19 bits per heavy atom. The number of nitrogens with one attached hydrogen (secondary N) is 2. The first-order chi connectivity index (χ1) is 12.7. The van der Waals surface area contributed by atoms with Crippen LogP contribution >= 0.6 is 0 Å². The standard InChI is InChI=1S/C19H22N6O/c1-13-12-17(25-24-13)23-19-15(10-11-26-2)18(20)21-16(22-19)9-8-14-6-4-3-5-7-14/h3-9,12H,10-11H2,1-2H3,(H4,20,21,22,23,24,25). The van der Waals surface area contributed by atoms with Crippen molar-refractivity contribution in [2.45, 2.75) is 13.3 Å². The molecule has 2 aromatic heterocycles. The third-order valence-corrected chi connectivity index (χ3v) is 3.79. The van der Waals surface area contributed by atoms with Gasteiger partial charge in [-0.1, -0.05) is 36.4 Å². The lowest BCUT2D eigenvalue weighted by molar-refractivity contribution is 0.202. The predicted molar refractivity (Wildman–Crippen MR) is 104 cm³/mol. The summed E-state index contributed by atoms with van der Waals surface area (Å²) in [5.41, 5.74) is 9.01. The van der Waals surface area contributed by atoms with Gasteiger partial charge in [0.15, 0.2) is 11.6 Å². The minimum atomic E-state index is 0.430. The van der Waals surface area contributed by atoms with Crippen LogP contribution in [-0.2, 0) is 11.2 Å². The number of rotatable bonds is 7. The fraction of sp³-hybridized carbons (Fsp3) is 0.211. The number of hydrogen-bond acceptors (Lipinski definition) is 6. The SMILES string of the molecule is COCCc1c(N)nc(C=Cc2ccccc2)nc1Nc1cc(C)[nH]n1. The molecule has 7 nitrogen and oxygen atoms in total. The fourth-order valence-corrected chi connectivity index (χ4v) is 2.49. The van der Waals surface area contributed by atoms with Crippen LogP contribution in [0.2, 0.25) is 0 Å². The molecular weight excluding hydrogens is 328 g/mol. The highest BCUT2D eigenvalue weighted by Gasteiger charge is 2.13. The van der Waals surface area contributed by atoms with Gasteiger partial charge in [0.25, 0.3) is 0 Å². The zero-order valence-corrected chi connectivity index (χ0v) is 14.9. The summed E-state index contributed by atoms with van der Waals surface area (Å²) in [6.07, 6.45) is 4.40. The molecule has 0 aliphatic rings. The zero-order chi connectivity index (χ0) is 18.4. The number of hydrogen-bond donors (Lipinski definition) is 3. The van der Waals surface area contributed by atoms with E-state index < -0.39 is 0 Å². The highest BCUT2D eigenvalue weighted by Crippen LogP contribution is 2.23. The molecule has 3 aromatic rings. The van der Waals surface area contributed by atoms with Gasteiger partial charge in [-0.3, -0.25) is 5.10 Å². The molecule has 0 unspecified atom stereocenters. The first kappa shape index (κ1) is 17.6. The summed E-state index contributed by atoms with van der Waals surface area (Å²) in [6, 6.07) is 11.9. The number of aromatic amines is 1. The van der Waals surface area contributed by atoms with E-state index in [0.29, 0.717) is 36.3 Å². The van der Waals surface area contributed by atoms with Gasteiger partial charge < -0.3 is 15.8 Å². The number of H-pyrrole nitrogens is 1. The van der Waals surface area contributed by atoms with Crippen molar-refractivity contribution >= 4 is 29.6 Å². The molecule has 1 aromatic carbocycles. The molecule has 26 heavy (non-hydrogen) atoms. The van der Waals surface area contributed by atoms with E-state index in [9.17, 15) is 0 Å². The van der Waals surface area contributed by atoms with E-state index >= 15 is 0 Å². The molecule has 0 saturated carbocycles. The van der Waals surface area contributed by atoms with E-state index in [0.717, 1.165) is 16.8 Å². The lowest BCUT2D eigenvalue weighted by Gasteiger charge is -2.12. The van der Waals surface area contributed by atoms with Crippen LogP contribution in [0, 0.1) is 6.92 Å². The molecule has 0 saturated heterocycles. The Kier molecular flexibility index (Phi) is 5.60. The van der Waals surface area contributed by atoms with Crippen molar-refractivity contribution in [1.29, 1.82) is 0 Å². The molecule has 3 rings (SSSR count). The number of nitrogen functional groups attached to an aromatic ring is 1. The van der Waals surface area contributed by atoms with Gasteiger partial charge in [-0.15, -0.1) is 0 Å². The molecule has 0 spiro atoms. The molecule has 0 atom stereocenters. The number of ether oxygens (including phenoxy) is 1. The summed E-state index contributed by atoms with van der Waals surface area (Å²) in [4.78, 5) is 9.01. The summed E-state index contributed by atoms with van der Waals surface area (Å²) in [5.74, 6) is 2.27. The van der Waals surface area contributed by atoms with Gasteiger partial charge in [0.1, 0.15) is 11.6 Å². The zero-order valence-electron chi connectivity index (χ0n) is 14.9. The molecule has 0 aliphatic heterocycles. The second-order valence-corrected chi connectivity index (χ2v) is 5.84. The van der Waals surface area contributed by atoms with Gasteiger partial charge in [-0.2, -0.15) is 5.10 Å². The first-order valence-electron chi connectivity index (χ1n) is 8.33. The molecule has 0 aliphatic carbocycles. The molecule has 4 N–H and O–H groups in total. The number of benzene rings is 1. The van der Waals surface area contributed by atoms with Gasteiger partial charge in [0.2, 0.25) is 0 Å². The van der Waals surface area contributed by atoms with Crippen molar-refractivity contribution in [2.75, 3.05) is 24.8 Å². The Morgan fingerprint density at radius 3 is 2.69 bits per heavy atom. The summed E-state index contributed by atoms with van der Waals surface area (Å²) in [7, 11) is 1.65. The normalized spacial score (nSPS) is 11.2. The average Bonchev–Trinajstić information content (AvgIpc) is 3.05. The van der Waals surface area contributed by atoms with Crippen LogP contribution < -0.4 is 11.1 Å². The van der Waals surface area contributed by atoms with Crippen molar-refractivity contribution in [2.24, 2.45) is 0 Å². The van der Waals surface area contributed by atoms with E-state index in [2.05, 4.69) is 25.5 Å². The smallest absolute Gasteiger partial charge is 0.156 e. The number of nitrogens with zero attached hydrogens (tertiary/aromatic N) is 3. The minimum absolute atomic E-state index is 0.430. The highest BCUT2D eigenvalue weighted by molar-refractivity contribution is 5.70. The second-order valence-electron chi connectivity index (χ2n) is 5.84. The van der Waals surface area contributed by atoms with Crippen LogP contribution in [0.1, 0.15) is 22.6 Å². The van der Waals surface area contributed by atoms with Crippen LogP contribution in [0.4, 0.5) is 17.5 Å². The first-order valence-corrected chi connectivity index (χ1v) is 8.33. The summed E-state index contributed by atoms with van der Waals surface area (Å²) in [6.45, 7) is 2.47. The minimum Gasteiger partial charge on any atom is -0.384 e. The van der Waals surface area contributed by atoms with Crippen LogP contribution in [0.3, 0.4) is 0 Å². The highest BCUT2D eigenvalue weighted by atomic mass is 16.5. The quantitative estimate of drug-likeness (QED) is 0.605. The second kappa shape index (κ2) is 8.26. The topological polar surface area (TPSA) is 102 Å². The number of aromatic nitrogens is 4. The Hall–Kier alpha value is -3.19. The van der Waals surface area contributed by atoms with Gasteiger partial charge >= 0.3 is 0 Å². The Balaban J connectivity index is 1.92. The lowest BCUT2D eigenvalue weighted by atomic mass is 10.2. The molecule has 134 valence electrons. The number of anilines is 3. The lowest BCUT2D eigenvalue weighted by Crippen LogP contribution is -2.10. The van der Waals surface area contributed by atoms with Gasteiger partial charge in [-0.25, -0.2) is 9.97 Å². The number of methoxy groups -OCH3 is 1. The van der Waals surface area contributed by atoms with Crippen LogP contribution in [0.15, 0.2) is 36.4 Å². The van der Waals surface area contributed by atoms with Crippen molar-refractivity contribution in [1.82, 2.24) is 20.2 Å². The summed E-state index contributed by atoms with van der Waals surface area (Å²) >= 11 is 0. The third kappa shape index (κ3) is 4.46. The molecule has 2 heterocycles. The van der Waals surface area contributed by atoms with Gasteiger partial charge in [0, 0.05) is 30.9 Å². The number of aryl methyl sites for hydroxylation is 1. The van der Waals surface area contributed by atoms with E-state index in [4.69, 9.17) is 10.5 Å². The monoisotopic (exact) mass is 350 g/mol. The van der Waals surface area contributed by atoms with Crippen molar-refractivity contribution in [3.8, 4) is 0 Å². The van der Waals surface area contributed by atoms with Crippen molar-refractivity contribution in [3.05, 3.63) is 59.0 Å². The van der Waals surface area contributed by atoms with Crippen LogP contribution in [-0.4, -0.2) is 33.9 Å². The maximum atomic E-state index is 6.18. The Bertz CT molecular complexity index is 888. The molecule has 0 fully saturated rings.